The van der Waals surface area contributed by atoms with Crippen molar-refractivity contribution in [1.82, 2.24) is 5.32 Å². The molecule has 89 valence electrons. The first-order valence-corrected chi connectivity index (χ1v) is 3.17. The zero-order valence-corrected chi connectivity index (χ0v) is 11.3. The number of rotatable bonds is 4. The molecule has 0 aromatic carbocycles. The van der Waals surface area contributed by atoms with Gasteiger partial charge in [-0.15, -0.1) is 0 Å². The van der Waals surface area contributed by atoms with E-state index in [1.165, 1.54) is 0 Å². The number of nitrogens with one attached hydrogen (secondary N) is 1. The van der Waals surface area contributed by atoms with E-state index in [0.717, 1.165) is 6.54 Å². The van der Waals surface area contributed by atoms with Crippen LogP contribution in [0.1, 0.15) is 13.8 Å². The van der Waals surface area contributed by atoms with Crippen LogP contribution in [-0.2, 0) is 27.2 Å². The van der Waals surface area contributed by atoms with Crippen LogP contribution in [0.15, 0.2) is 12.2 Å². The fourth-order valence-electron chi connectivity index (χ4n) is 0.493. The number of allylic oxidation sites excluding steroid dienone is 1. The molecular formula is C7H17F4NOTa. The number of carbonyl (C=O) groups is 1. The molecule has 2 nitrogen and oxygen atoms in total. The summed E-state index contributed by atoms with van der Waals surface area (Å²) in [6, 6.07) is 0. The van der Waals surface area contributed by atoms with E-state index in [1.807, 2.05) is 13.8 Å². The maximum absolute atomic E-state index is 10.7. The predicted octanol–water partition coefficient (Wildman–Crippen LogP) is 1.35. The molecular weight excluding hydrogens is 371 g/mol. The van der Waals surface area contributed by atoms with Crippen LogP contribution in [-0.4, -0.2) is 18.9 Å². The van der Waals surface area contributed by atoms with E-state index in [-0.39, 0.29) is 47.0 Å². The minimum absolute atomic E-state index is 0. The van der Waals surface area contributed by atoms with Gasteiger partial charge in [-0.2, -0.15) is 0 Å². The summed E-state index contributed by atoms with van der Waals surface area (Å²) in [4.78, 5) is 10.7. The van der Waals surface area contributed by atoms with Gasteiger partial charge in [0.1, 0.15) is 0 Å². The predicted molar refractivity (Wildman–Crippen MR) is 48.4 cm³/mol. The zero-order chi connectivity index (χ0) is 7.11. The van der Waals surface area contributed by atoms with Crippen molar-refractivity contribution >= 4 is 5.78 Å². The Labute approximate surface area is 96.5 Å². The first-order chi connectivity index (χ1) is 4.31. The zero-order valence-electron chi connectivity index (χ0n) is 8.06. The molecule has 1 N–H and O–H groups in total. The van der Waals surface area contributed by atoms with E-state index in [9.17, 15) is 4.79 Å². The Morgan fingerprint density at radius 2 is 1.64 bits per heavy atom. The SMILES string of the molecule is C/C=C/C(=O)CNCC.F.F.F.F.[Ta]. The third-order valence-corrected chi connectivity index (χ3v) is 0.902. The molecule has 0 heterocycles. The number of hydrogen-bond donors (Lipinski definition) is 1. The molecule has 0 fully saturated rings. The van der Waals surface area contributed by atoms with Gasteiger partial charge in [-0.1, -0.05) is 13.0 Å². The van der Waals surface area contributed by atoms with E-state index in [0.29, 0.717) is 6.54 Å². The first-order valence-electron chi connectivity index (χ1n) is 3.17. The third kappa shape index (κ3) is 29.7. The fourth-order valence-corrected chi connectivity index (χ4v) is 0.493. The average molecular weight is 388 g/mol. The molecule has 0 aromatic heterocycles. The van der Waals surface area contributed by atoms with Crippen LogP contribution >= 0.6 is 0 Å². The Bertz CT molecular complexity index is 124. The molecule has 0 rings (SSSR count). The number of likely N-dealkylation sites (N-methyl/N-ethyl adjacent to an activating group) is 1. The normalized spacial score (nSPS) is 6.71. The Morgan fingerprint density at radius 3 is 1.93 bits per heavy atom. The topological polar surface area (TPSA) is 29.1 Å². The van der Waals surface area contributed by atoms with Gasteiger partial charge in [-0.05, 0) is 19.5 Å². The van der Waals surface area contributed by atoms with Gasteiger partial charge in [-0.25, -0.2) is 0 Å². The van der Waals surface area contributed by atoms with Gasteiger partial charge in [0.25, 0.3) is 0 Å². The van der Waals surface area contributed by atoms with Crippen molar-refractivity contribution in [2.24, 2.45) is 0 Å². The molecule has 0 unspecified atom stereocenters. The monoisotopic (exact) mass is 388 g/mol. The summed E-state index contributed by atoms with van der Waals surface area (Å²) in [7, 11) is 0. The standard InChI is InChI=1S/C7H13NO.4FH.Ta/c1-3-5-7(9)6-8-4-2;;;;;/h3,5,8H,4,6H2,1-2H3;4*1H;/b5-3+;;;;;. The van der Waals surface area contributed by atoms with Crippen molar-refractivity contribution < 1.29 is 46.0 Å². The van der Waals surface area contributed by atoms with Gasteiger partial charge >= 0.3 is 0 Å². The molecule has 0 bridgehead atoms. The summed E-state index contributed by atoms with van der Waals surface area (Å²) in [5.74, 6) is 0.138. The van der Waals surface area contributed by atoms with Crippen LogP contribution in [0.3, 0.4) is 0 Å². The number of carbonyl (C=O) groups excluding carboxylic acids is 1. The van der Waals surface area contributed by atoms with Gasteiger partial charge < -0.3 is 5.32 Å². The molecule has 14 heavy (non-hydrogen) atoms. The molecule has 1 radical (unpaired) electrons. The molecule has 0 aliphatic rings. The van der Waals surface area contributed by atoms with Gasteiger partial charge in [0.15, 0.2) is 5.78 Å². The Balaban J connectivity index is -0.0000000320. The maximum atomic E-state index is 10.7. The summed E-state index contributed by atoms with van der Waals surface area (Å²) < 4.78 is 0. The molecule has 0 atom stereocenters. The Morgan fingerprint density at radius 1 is 1.21 bits per heavy atom. The Kier molecular flexibility index (Phi) is 77.7. The maximum Gasteiger partial charge on any atom is 0.169 e. The molecule has 0 aromatic rings. The summed E-state index contributed by atoms with van der Waals surface area (Å²) in [6.07, 6.45) is 3.32. The largest absolute Gasteiger partial charge is 0.310 e. The summed E-state index contributed by atoms with van der Waals surface area (Å²) in [5.41, 5.74) is 0. The van der Waals surface area contributed by atoms with Crippen LogP contribution in [0.25, 0.3) is 0 Å². The number of ketones is 1. The summed E-state index contributed by atoms with van der Waals surface area (Å²) >= 11 is 0. The molecule has 0 aliphatic carbocycles. The van der Waals surface area contributed by atoms with E-state index < -0.39 is 0 Å². The van der Waals surface area contributed by atoms with Crippen LogP contribution in [0.4, 0.5) is 18.8 Å². The first kappa shape index (κ1) is 37.1. The van der Waals surface area contributed by atoms with E-state index in [1.54, 1.807) is 12.2 Å². The minimum Gasteiger partial charge on any atom is -0.310 e. The second-order valence-electron chi connectivity index (χ2n) is 1.75. The molecule has 0 spiro atoms. The number of hydrogen-bond acceptors (Lipinski definition) is 2. The van der Waals surface area contributed by atoms with Crippen LogP contribution in [0, 0.1) is 0 Å². The van der Waals surface area contributed by atoms with E-state index >= 15 is 0 Å². The van der Waals surface area contributed by atoms with E-state index in [2.05, 4.69) is 5.32 Å². The quantitative estimate of drug-likeness (QED) is 0.582. The smallest absolute Gasteiger partial charge is 0.169 e. The van der Waals surface area contributed by atoms with Crippen LogP contribution < -0.4 is 5.32 Å². The van der Waals surface area contributed by atoms with Gasteiger partial charge in [-0.3, -0.25) is 23.6 Å². The van der Waals surface area contributed by atoms with Crippen molar-refractivity contribution in [1.29, 1.82) is 0 Å². The molecule has 0 aliphatic heterocycles. The van der Waals surface area contributed by atoms with Crippen molar-refractivity contribution in [3.05, 3.63) is 12.2 Å². The van der Waals surface area contributed by atoms with Crippen molar-refractivity contribution in [2.75, 3.05) is 13.1 Å². The third-order valence-electron chi connectivity index (χ3n) is 0.902. The molecule has 0 saturated heterocycles. The summed E-state index contributed by atoms with van der Waals surface area (Å²) in [5, 5.41) is 2.93. The molecule has 0 saturated carbocycles. The molecule has 7 heteroatoms. The molecule has 0 amide bonds. The van der Waals surface area contributed by atoms with Crippen molar-refractivity contribution in [3.8, 4) is 0 Å². The second-order valence-corrected chi connectivity index (χ2v) is 1.75. The van der Waals surface area contributed by atoms with Crippen molar-refractivity contribution in [3.63, 3.8) is 0 Å². The van der Waals surface area contributed by atoms with E-state index in [4.69, 9.17) is 0 Å². The van der Waals surface area contributed by atoms with Gasteiger partial charge in [0.05, 0.1) is 6.54 Å². The van der Waals surface area contributed by atoms with Crippen LogP contribution in [0.5, 0.6) is 0 Å². The average Bonchev–Trinajstić information content (AvgIpc) is 1.85. The second kappa shape index (κ2) is 29.3. The van der Waals surface area contributed by atoms with Crippen molar-refractivity contribution in [2.45, 2.75) is 13.8 Å². The van der Waals surface area contributed by atoms with Crippen LogP contribution in [0.2, 0.25) is 0 Å². The number of halogens is 4. The Hall–Kier alpha value is -0.170. The fraction of sp³-hybridized carbons (Fsp3) is 0.571. The minimum atomic E-state index is 0. The summed E-state index contributed by atoms with van der Waals surface area (Å²) in [6.45, 7) is 5.12. The van der Waals surface area contributed by atoms with Gasteiger partial charge in [0.2, 0.25) is 0 Å². The van der Waals surface area contributed by atoms with Gasteiger partial charge in [0, 0.05) is 22.4 Å².